The number of ether oxygens (including phenoxy) is 3. The largest absolute Gasteiger partial charge is 0.491 e. The van der Waals surface area contributed by atoms with Crippen LogP contribution in [0.5, 0.6) is 5.75 Å². The summed E-state index contributed by atoms with van der Waals surface area (Å²) in [5, 5.41) is 11.8. The Labute approximate surface area is 147 Å². The maximum absolute atomic E-state index is 12.5. The van der Waals surface area contributed by atoms with Gasteiger partial charge >= 0.3 is 5.97 Å². The van der Waals surface area contributed by atoms with Crippen molar-refractivity contribution in [2.24, 2.45) is 0 Å². The van der Waals surface area contributed by atoms with Crippen LogP contribution in [0.2, 0.25) is 0 Å². The first-order chi connectivity index (χ1) is 11.9. The number of carbonyl (C=O) groups excluding carboxylic acids is 1. The van der Waals surface area contributed by atoms with E-state index in [9.17, 15) is 9.59 Å². The van der Waals surface area contributed by atoms with Gasteiger partial charge in [0.2, 0.25) is 0 Å². The molecular formula is C18H25NO6. The predicted octanol–water partition coefficient (Wildman–Crippen LogP) is 1.85. The van der Waals surface area contributed by atoms with E-state index in [-0.39, 0.29) is 25.0 Å². The molecule has 0 aromatic heterocycles. The monoisotopic (exact) mass is 351 g/mol. The second-order valence-electron chi connectivity index (χ2n) is 6.49. The molecule has 0 radical (unpaired) electrons. The molecule has 1 heterocycles. The fraction of sp³-hybridized carbons (Fsp3) is 0.556. The minimum Gasteiger partial charge on any atom is -0.491 e. The van der Waals surface area contributed by atoms with Gasteiger partial charge in [0.15, 0.2) is 0 Å². The summed E-state index contributed by atoms with van der Waals surface area (Å²) >= 11 is 0. The molecule has 1 saturated heterocycles. The van der Waals surface area contributed by atoms with E-state index in [0.29, 0.717) is 17.9 Å². The maximum Gasteiger partial charge on any atom is 0.305 e. The van der Waals surface area contributed by atoms with Crippen LogP contribution in [0.15, 0.2) is 24.3 Å². The molecular weight excluding hydrogens is 326 g/mol. The molecule has 25 heavy (non-hydrogen) atoms. The normalized spacial score (nSPS) is 19.2. The van der Waals surface area contributed by atoms with Gasteiger partial charge < -0.3 is 24.6 Å². The van der Waals surface area contributed by atoms with Crippen LogP contribution in [-0.4, -0.2) is 55.6 Å². The molecule has 7 heteroatoms. The first kappa shape index (κ1) is 19.2. The molecule has 1 aromatic rings. The van der Waals surface area contributed by atoms with Gasteiger partial charge in [-0.3, -0.25) is 9.59 Å². The Balaban J connectivity index is 1.99. The molecule has 1 fully saturated rings. The van der Waals surface area contributed by atoms with Crippen LogP contribution in [0.4, 0.5) is 0 Å². The number of aliphatic carboxylic acids is 1. The standard InChI is InChI=1S/C18H25NO6/c1-18(12-23-2,10-16(20)21)19-17(22)13-5-3-6-14(9-13)25-11-15-7-4-8-24-15/h3,5-6,9,15H,4,7-8,10-12H2,1-2H3,(H,19,22)(H,20,21). The molecule has 2 rings (SSSR count). The van der Waals surface area contributed by atoms with Crippen LogP contribution in [0.3, 0.4) is 0 Å². The van der Waals surface area contributed by atoms with Crippen molar-refractivity contribution in [1.29, 1.82) is 0 Å². The van der Waals surface area contributed by atoms with Crippen molar-refractivity contribution in [3.63, 3.8) is 0 Å². The number of carboxylic acids is 1. The van der Waals surface area contributed by atoms with E-state index >= 15 is 0 Å². The molecule has 1 amide bonds. The highest BCUT2D eigenvalue weighted by Crippen LogP contribution is 2.18. The van der Waals surface area contributed by atoms with Crippen molar-refractivity contribution in [3.05, 3.63) is 29.8 Å². The van der Waals surface area contributed by atoms with E-state index < -0.39 is 11.5 Å². The zero-order valence-electron chi connectivity index (χ0n) is 14.6. The number of carboxylic acid groups (broad SMARTS) is 1. The first-order valence-corrected chi connectivity index (χ1v) is 8.29. The second kappa shape index (κ2) is 8.82. The summed E-state index contributed by atoms with van der Waals surface area (Å²) in [5.74, 6) is -0.799. The Kier molecular flexibility index (Phi) is 6.78. The van der Waals surface area contributed by atoms with Crippen molar-refractivity contribution >= 4 is 11.9 Å². The Hall–Kier alpha value is -2.12. The summed E-state index contributed by atoms with van der Waals surface area (Å²) < 4.78 is 16.3. The van der Waals surface area contributed by atoms with Gasteiger partial charge in [-0.05, 0) is 38.0 Å². The smallest absolute Gasteiger partial charge is 0.305 e. The van der Waals surface area contributed by atoms with Gasteiger partial charge in [0.05, 0.1) is 24.7 Å². The topological polar surface area (TPSA) is 94.1 Å². The first-order valence-electron chi connectivity index (χ1n) is 8.29. The molecule has 0 spiro atoms. The Morgan fingerprint density at radius 1 is 1.44 bits per heavy atom. The second-order valence-corrected chi connectivity index (χ2v) is 6.49. The van der Waals surface area contributed by atoms with Crippen LogP contribution in [-0.2, 0) is 14.3 Å². The average molecular weight is 351 g/mol. The molecule has 2 atom stereocenters. The Morgan fingerprint density at radius 2 is 2.24 bits per heavy atom. The molecule has 2 unspecified atom stereocenters. The van der Waals surface area contributed by atoms with Crippen molar-refractivity contribution in [2.75, 3.05) is 26.9 Å². The third kappa shape index (κ3) is 6.03. The third-order valence-corrected chi connectivity index (χ3v) is 3.98. The fourth-order valence-electron chi connectivity index (χ4n) is 2.82. The van der Waals surface area contributed by atoms with Crippen molar-refractivity contribution in [1.82, 2.24) is 5.32 Å². The molecule has 7 nitrogen and oxygen atoms in total. The van der Waals surface area contributed by atoms with E-state index in [2.05, 4.69) is 5.32 Å². The van der Waals surface area contributed by atoms with Gasteiger partial charge in [0.25, 0.3) is 5.91 Å². The molecule has 1 aliphatic rings. The van der Waals surface area contributed by atoms with Gasteiger partial charge in [-0.2, -0.15) is 0 Å². The molecule has 1 aromatic carbocycles. The molecule has 0 aliphatic carbocycles. The summed E-state index contributed by atoms with van der Waals surface area (Å²) in [4.78, 5) is 23.5. The van der Waals surface area contributed by atoms with Gasteiger partial charge in [-0.25, -0.2) is 0 Å². The number of carbonyl (C=O) groups is 2. The minimum atomic E-state index is -1.01. The van der Waals surface area contributed by atoms with Crippen molar-refractivity contribution < 1.29 is 28.9 Å². The Bertz CT molecular complexity index is 599. The number of nitrogens with one attached hydrogen (secondary N) is 1. The maximum atomic E-state index is 12.5. The van der Waals surface area contributed by atoms with E-state index in [4.69, 9.17) is 19.3 Å². The number of methoxy groups -OCH3 is 1. The Morgan fingerprint density at radius 3 is 2.88 bits per heavy atom. The molecule has 138 valence electrons. The lowest BCUT2D eigenvalue weighted by Crippen LogP contribution is -2.50. The summed E-state index contributed by atoms with van der Waals surface area (Å²) in [6.45, 7) is 2.95. The van der Waals surface area contributed by atoms with Gasteiger partial charge in [-0.1, -0.05) is 6.07 Å². The predicted molar refractivity (Wildman–Crippen MR) is 90.9 cm³/mol. The number of hydrogen-bond acceptors (Lipinski definition) is 5. The van der Waals surface area contributed by atoms with Gasteiger partial charge in [-0.15, -0.1) is 0 Å². The van der Waals surface area contributed by atoms with Crippen LogP contribution >= 0.6 is 0 Å². The zero-order chi connectivity index (χ0) is 18.3. The summed E-state index contributed by atoms with van der Waals surface area (Å²) in [6.07, 6.45) is 1.88. The van der Waals surface area contributed by atoms with Crippen molar-refractivity contribution in [3.8, 4) is 5.75 Å². The molecule has 1 aliphatic heterocycles. The van der Waals surface area contributed by atoms with Crippen LogP contribution in [0.1, 0.15) is 36.5 Å². The third-order valence-electron chi connectivity index (χ3n) is 3.98. The van der Waals surface area contributed by atoms with Crippen LogP contribution < -0.4 is 10.1 Å². The van der Waals surface area contributed by atoms with E-state index in [1.54, 1.807) is 31.2 Å². The minimum absolute atomic E-state index is 0.0954. The SMILES string of the molecule is COCC(C)(CC(=O)O)NC(=O)c1cccc(OCC2CCCO2)c1. The lowest BCUT2D eigenvalue weighted by atomic mass is 9.98. The highest BCUT2D eigenvalue weighted by atomic mass is 16.5. The van der Waals surface area contributed by atoms with Crippen LogP contribution in [0, 0.1) is 0 Å². The quantitative estimate of drug-likeness (QED) is 0.705. The van der Waals surface area contributed by atoms with Gasteiger partial charge in [0.1, 0.15) is 12.4 Å². The van der Waals surface area contributed by atoms with E-state index in [0.717, 1.165) is 19.4 Å². The van der Waals surface area contributed by atoms with E-state index in [1.807, 2.05) is 0 Å². The number of benzene rings is 1. The number of rotatable bonds is 9. The average Bonchev–Trinajstić information content (AvgIpc) is 3.05. The summed E-state index contributed by atoms with van der Waals surface area (Å²) in [5.41, 5.74) is -0.593. The van der Waals surface area contributed by atoms with E-state index in [1.165, 1.54) is 7.11 Å². The molecule has 0 bridgehead atoms. The highest BCUT2D eigenvalue weighted by molar-refractivity contribution is 5.95. The summed E-state index contributed by atoms with van der Waals surface area (Å²) in [6, 6.07) is 6.79. The molecule has 2 N–H and O–H groups in total. The molecule has 0 saturated carbocycles. The van der Waals surface area contributed by atoms with Gasteiger partial charge in [0, 0.05) is 19.3 Å². The summed E-state index contributed by atoms with van der Waals surface area (Å²) in [7, 11) is 1.46. The lowest BCUT2D eigenvalue weighted by molar-refractivity contribution is -0.139. The van der Waals surface area contributed by atoms with Crippen molar-refractivity contribution in [2.45, 2.75) is 37.8 Å². The zero-order valence-corrected chi connectivity index (χ0v) is 14.6. The highest BCUT2D eigenvalue weighted by Gasteiger charge is 2.30. The van der Waals surface area contributed by atoms with Crippen LogP contribution in [0.25, 0.3) is 0 Å². The lowest BCUT2D eigenvalue weighted by Gasteiger charge is -2.28. The number of amides is 1. The number of hydrogen-bond donors (Lipinski definition) is 2. The fourth-order valence-corrected chi connectivity index (χ4v) is 2.82.